The molecule has 1 unspecified atom stereocenters. The molecule has 0 radical (unpaired) electrons. The van der Waals surface area contributed by atoms with Crippen molar-refractivity contribution in [2.24, 2.45) is 0 Å². The maximum Gasteiger partial charge on any atom is 0.291 e. The molecule has 7 heteroatoms. The fourth-order valence-corrected chi connectivity index (χ4v) is 3.25. The zero-order chi connectivity index (χ0) is 15.2. The van der Waals surface area contributed by atoms with E-state index >= 15 is 0 Å². The fourth-order valence-electron chi connectivity index (χ4n) is 2.32. The van der Waals surface area contributed by atoms with Crippen LogP contribution >= 0.6 is 11.3 Å². The van der Waals surface area contributed by atoms with Crippen molar-refractivity contribution in [1.82, 2.24) is 10.4 Å². The Morgan fingerprint density at radius 1 is 1.43 bits per heavy atom. The molecule has 0 fully saturated rings. The van der Waals surface area contributed by atoms with Crippen LogP contribution in [0.1, 0.15) is 17.3 Å². The number of thiophene rings is 1. The van der Waals surface area contributed by atoms with Crippen LogP contribution in [0.4, 0.5) is 8.78 Å². The van der Waals surface area contributed by atoms with Crippen LogP contribution < -0.4 is 5.43 Å². The van der Waals surface area contributed by atoms with Crippen LogP contribution in [0.5, 0.6) is 0 Å². The van der Waals surface area contributed by atoms with Gasteiger partial charge >= 0.3 is 0 Å². The lowest BCUT2D eigenvalue weighted by Gasteiger charge is -2.31. The highest BCUT2D eigenvalue weighted by atomic mass is 32.1. The first-order valence-corrected chi connectivity index (χ1v) is 7.09. The predicted octanol–water partition coefficient (Wildman–Crippen LogP) is 2.72. The number of benzene rings is 1. The van der Waals surface area contributed by atoms with Gasteiger partial charge in [-0.15, -0.1) is 11.3 Å². The first-order chi connectivity index (χ1) is 9.93. The third kappa shape index (κ3) is 2.09. The molecule has 1 aliphatic rings. The van der Waals surface area contributed by atoms with Crippen molar-refractivity contribution in [1.29, 1.82) is 0 Å². The number of carbonyl (C=O) groups excluding carboxylic acids is 1. The van der Waals surface area contributed by atoms with Gasteiger partial charge in [-0.2, -0.15) is 0 Å². The molecule has 1 aromatic heterocycles. The lowest BCUT2D eigenvalue weighted by Crippen LogP contribution is -2.56. The first-order valence-electron chi connectivity index (χ1n) is 6.21. The maximum atomic E-state index is 13.1. The molecule has 0 bridgehead atoms. The number of aliphatic hydroxyl groups is 1. The van der Waals surface area contributed by atoms with Crippen LogP contribution in [0.3, 0.4) is 0 Å². The van der Waals surface area contributed by atoms with E-state index in [-0.39, 0.29) is 5.56 Å². The molecule has 0 saturated heterocycles. The average molecular weight is 310 g/mol. The van der Waals surface area contributed by atoms with Crippen LogP contribution in [0.2, 0.25) is 0 Å². The molecule has 2 heterocycles. The number of hydrogen-bond donors (Lipinski definition) is 2. The molecule has 2 N–H and O–H groups in total. The number of carbonyl (C=O) groups is 1. The van der Waals surface area contributed by atoms with Gasteiger partial charge in [0.15, 0.2) is 0 Å². The summed E-state index contributed by atoms with van der Waals surface area (Å²) in [6, 6.07) is 7.20. The van der Waals surface area contributed by atoms with Crippen molar-refractivity contribution in [2.45, 2.75) is 19.1 Å². The number of hydrogen-bond acceptors (Lipinski definition) is 4. The molecule has 1 amide bonds. The highest BCUT2D eigenvalue weighted by Crippen LogP contribution is 2.32. The average Bonchev–Trinajstić information content (AvgIpc) is 3.00. The van der Waals surface area contributed by atoms with E-state index in [1.165, 1.54) is 18.3 Å². The van der Waals surface area contributed by atoms with E-state index in [0.717, 1.165) is 10.8 Å². The fraction of sp³-hybridized carbons (Fsp3) is 0.214. The molecular weight excluding hydrogens is 298 g/mol. The zero-order valence-electron chi connectivity index (χ0n) is 11.0. The van der Waals surface area contributed by atoms with Crippen molar-refractivity contribution in [3.8, 4) is 0 Å². The molecule has 21 heavy (non-hydrogen) atoms. The summed E-state index contributed by atoms with van der Waals surface area (Å²) in [5.41, 5.74) is 0.443. The first kappa shape index (κ1) is 14.0. The summed E-state index contributed by atoms with van der Waals surface area (Å²) >= 11 is 1.35. The van der Waals surface area contributed by atoms with E-state index in [2.05, 4.69) is 5.43 Å². The van der Waals surface area contributed by atoms with Crippen LogP contribution in [0, 0.1) is 0 Å². The Morgan fingerprint density at radius 2 is 2.14 bits per heavy atom. The van der Waals surface area contributed by atoms with Gasteiger partial charge in [-0.05, 0) is 19.1 Å². The normalized spacial score (nSPS) is 21.8. The third-order valence-electron chi connectivity index (χ3n) is 3.31. The smallest absolute Gasteiger partial charge is 0.291 e. The number of allylic oxidation sites excluding steroid dienone is 1. The van der Waals surface area contributed by atoms with E-state index in [4.69, 9.17) is 0 Å². The minimum absolute atomic E-state index is 0.283. The molecule has 2 aromatic rings. The van der Waals surface area contributed by atoms with Crippen LogP contribution in [-0.2, 0) is 0 Å². The van der Waals surface area contributed by atoms with Gasteiger partial charge in [0.2, 0.25) is 5.72 Å². The number of alkyl halides is 2. The SMILES string of the molecule is CC1=CC(O)(C(F)F)N(C(=O)c2csc3ccccc23)N1. The summed E-state index contributed by atoms with van der Waals surface area (Å²) in [6.45, 7) is 1.51. The number of fused-ring (bicyclic) bond motifs is 1. The minimum atomic E-state index is -3.11. The van der Waals surface area contributed by atoms with Crippen LogP contribution in [-0.4, -0.2) is 28.2 Å². The van der Waals surface area contributed by atoms with Crippen molar-refractivity contribution >= 4 is 27.3 Å². The van der Waals surface area contributed by atoms with Gasteiger partial charge in [0.1, 0.15) is 0 Å². The number of nitrogens with zero attached hydrogens (tertiary/aromatic N) is 1. The van der Waals surface area contributed by atoms with Gasteiger partial charge < -0.3 is 5.11 Å². The largest absolute Gasteiger partial charge is 0.361 e. The molecule has 0 aliphatic carbocycles. The second kappa shape index (κ2) is 4.78. The molecule has 0 spiro atoms. The highest BCUT2D eigenvalue weighted by Gasteiger charge is 2.49. The van der Waals surface area contributed by atoms with E-state index < -0.39 is 18.1 Å². The molecule has 1 atom stereocenters. The number of amides is 1. The van der Waals surface area contributed by atoms with Crippen molar-refractivity contribution in [3.05, 3.63) is 47.0 Å². The van der Waals surface area contributed by atoms with E-state index in [1.54, 1.807) is 17.5 Å². The third-order valence-corrected chi connectivity index (χ3v) is 4.27. The highest BCUT2D eigenvalue weighted by molar-refractivity contribution is 7.17. The number of hydrazine groups is 1. The molecule has 0 saturated carbocycles. The molecule has 1 aliphatic heterocycles. The van der Waals surface area contributed by atoms with Gasteiger partial charge in [-0.25, -0.2) is 13.8 Å². The Hall–Kier alpha value is -1.99. The van der Waals surface area contributed by atoms with Crippen molar-refractivity contribution in [2.75, 3.05) is 0 Å². The Balaban J connectivity index is 2.03. The molecular formula is C14H12F2N2O2S. The van der Waals surface area contributed by atoms with Crippen LogP contribution in [0.25, 0.3) is 10.1 Å². The second-order valence-corrected chi connectivity index (χ2v) is 5.72. The van der Waals surface area contributed by atoms with Crippen LogP contribution in [0.15, 0.2) is 41.4 Å². The summed E-state index contributed by atoms with van der Waals surface area (Å²) in [4.78, 5) is 12.5. The maximum absolute atomic E-state index is 13.1. The van der Waals surface area contributed by atoms with Gasteiger partial charge in [-0.1, -0.05) is 18.2 Å². The molecule has 110 valence electrons. The Kier molecular flexibility index (Phi) is 3.18. The summed E-state index contributed by atoms with van der Waals surface area (Å²) < 4.78 is 27.2. The molecule has 4 nitrogen and oxygen atoms in total. The van der Waals surface area contributed by atoms with E-state index in [0.29, 0.717) is 16.1 Å². The van der Waals surface area contributed by atoms with Crippen molar-refractivity contribution in [3.63, 3.8) is 0 Å². The molecule has 3 rings (SSSR count). The number of rotatable bonds is 2. The Morgan fingerprint density at radius 3 is 2.86 bits per heavy atom. The Labute approximate surface area is 123 Å². The van der Waals surface area contributed by atoms with Gasteiger partial charge in [0.25, 0.3) is 12.3 Å². The van der Waals surface area contributed by atoms with E-state index in [1.807, 2.05) is 12.1 Å². The predicted molar refractivity (Wildman–Crippen MR) is 75.8 cm³/mol. The monoisotopic (exact) mass is 310 g/mol. The van der Waals surface area contributed by atoms with Gasteiger partial charge in [-0.3, -0.25) is 10.2 Å². The zero-order valence-corrected chi connectivity index (χ0v) is 11.8. The van der Waals surface area contributed by atoms with Crippen molar-refractivity contribution < 1.29 is 18.7 Å². The summed E-state index contributed by atoms with van der Waals surface area (Å²) in [5.74, 6) is -0.691. The lowest BCUT2D eigenvalue weighted by atomic mass is 10.1. The number of halogens is 2. The summed E-state index contributed by atoms with van der Waals surface area (Å²) in [7, 11) is 0. The summed E-state index contributed by atoms with van der Waals surface area (Å²) in [6.07, 6.45) is -2.17. The Bertz CT molecular complexity index is 743. The van der Waals surface area contributed by atoms with E-state index in [9.17, 15) is 18.7 Å². The second-order valence-electron chi connectivity index (χ2n) is 4.81. The van der Waals surface area contributed by atoms with Gasteiger partial charge in [0, 0.05) is 21.2 Å². The minimum Gasteiger partial charge on any atom is -0.361 e. The van der Waals surface area contributed by atoms with Gasteiger partial charge in [0.05, 0.1) is 5.56 Å². The number of nitrogens with one attached hydrogen (secondary N) is 1. The topological polar surface area (TPSA) is 52.6 Å². The quantitative estimate of drug-likeness (QED) is 0.897. The standard InChI is InChI=1S/C14H12F2N2O2S/c1-8-6-14(20,13(15)16)18(17-8)12(19)10-7-21-11-5-3-2-4-9(10)11/h2-7,13,17,20H,1H3. The lowest BCUT2D eigenvalue weighted by molar-refractivity contribution is -0.146. The molecule has 1 aromatic carbocycles. The summed E-state index contributed by atoms with van der Waals surface area (Å²) in [5, 5.41) is 12.9.